The van der Waals surface area contributed by atoms with Crippen molar-refractivity contribution in [2.24, 2.45) is 0 Å². The number of likely N-dealkylation sites (tertiary alicyclic amines) is 1. The van der Waals surface area contributed by atoms with E-state index in [1.807, 2.05) is 24.3 Å². The van der Waals surface area contributed by atoms with Gasteiger partial charge in [0.2, 0.25) is 0 Å². The number of carbonyl (C=O) groups is 1. The van der Waals surface area contributed by atoms with Crippen LogP contribution in [0.1, 0.15) is 48.2 Å². The van der Waals surface area contributed by atoms with E-state index in [9.17, 15) is 9.90 Å². The molecule has 1 aliphatic heterocycles. The summed E-state index contributed by atoms with van der Waals surface area (Å²) in [6.07, 6.45) is 6.22. The SMILES string of the molecule is O=C(O)c1c(CN2CCCCCCC2)oc2ccccc12. The molecular formula is C17H21NO3. The predicted molar refractivity (Wildman–Crippen MR) is 81.5 cm³/mol. The number of para-hydroxylation sites is 1. The zero-order valence-electron chi connectivity index (χ0n) is 12.2. The highest BCUT2D eigenvalue weighted by molar-refractivity contribution is 6.03. The number of hydrogen-bond acceptors (Lipinski definition) is 3. The van der Waals surface area contributed by atoms with E-state index < -0.39 is 5.97 Å². The second kappa shape index (κ2) is 6.31. The van der Waals surface area contributed by atoms with Crippen LogP contribution < -0.4 is 0 Å². The van der Waals surface area contributed by atoms with Crippen molar-refractivity contribution < 1.29 is 14.3 Å². The molecule has 0 bridgehead atoms. The largest absolute Gasteiger partial charge is 0.478 e. The van der Waals surface area contributed by atoms with Gasteiger partial charge in [-0.15, -0.1) is 0 Å². The van der Waals surface area contributed by atoms with Crippen molar-refractivity contribution in [1.82, 2.24) is 4.90 Å². The highest BCUT2D eigenvalue weighted by Crippen LogP contribution is 2.27. The average molecular weight is 287 g/mol. The number of aromatic carboxylic acids is 1. The molecule has 1 aromatic carbocycles. The third kappa shape index (κ3) is 3.10. The third-order valence-corrected chi connectivity index (χ3v) is 4.20. The van der Waals surface area contributed by atoms with Crippen LogP contribution in [0, 0.1) is 0 Å². The molecule has 1 saturated heterocycles. The van der Waals surface area contributed by atoms with Gasteiger partial charge >= 0.3 is 5.97 Å². The fraction of sp³-hybridized carbons (Fsp3) is 0.471. The molecule has 21 heavy (non-hydrogen) atoms. The van der Waals surface area contributed by atoms with E-state index in [-0.39, 0.29) is 0 Å². The molecule has 2 aromatic rings. The quantitative estimate of drug-likeness (QED) is 0.930. The van der Waals surface area contributed by atoms with Gasteiger partial charge in [0.25, 0.3) is 0 Å². The first-order valence-electron chi connectivity index (χ1n) is 7.72. The van der Waals surface area contributed by atoms with Crippen molar-refractivity contribution >= 4 is 16.9 Å². The van der Waals surface area contributed by atoms with Crippen molar-refractivity contribution in [2.45, 2.75) is 38.6 Å². The van der Waals surface area contributed by atoms with E-state index in [0.29, 0.717) is 28.8 Å². The van der Waals surface area contributed by atoms with Gasteiger partial charge < -0.3 is 9.52 Å². The second-order valence-electron chi connectivity index (χ2n) is 5.75. The smallest absolute Gasteiger partial charge is 0.339 e. The maximum Gasteiger partial charge on any atom is 0.339 e. The number of hydrogen-bond donors (Lipinski definition) is 1. The molecule has 3 rings (SSSR count). The van der Waals surface area contributed by atoms with Crippen LogP contribution in [0.3, 0.4) is 0 Å². The molecule has 0 saturated carbocycles. The Balaban J connectivity index is 1.88. The molecule has 4 nitrogen and oxygen atoms in total. The molecular weight excluding hydrogens is 266 g/mol. The molecule has 0 atom stereocenters. The first kappa shape index (κ1) is 14.1. The monoisotopic (exact) mass is 287 g/mol. The number of fused-ring (bicyclic) bond motifs is 1. The molecule has 0 aliphatic carbocycles. The van der Waals surface area contributed by atoms with E-state index in [1.165, 1.54) is 32.1 Å². The highest BCUT2D eigenvalue weighted by Gasteiger charge is 2.22. The molecule has 1 aliphatic rings. The van der Waals surface area contributed by atoms with Crippen LogP contribution in [0.5, 0.6) is 0 Å². The molecule has 1 N–H and O–H groups in total. The molecule has 0 radical (unpaired) electrons. The van der Waals surface area contributed by atoms with Crippen LogP contribution >= 0.6 is 0 Å². The lowest BCUT2D eigenvalue weighted by Crippen LogP contribution is -2.27. The number of benzene rings is 1. The van der Waals surface area contributed by atoms with Gasteiger partial charge in [0, 0.05) is 5.39 Å². The van der Waals surface area contributed by atoms with Crippen molar-refractivity contribution in [2.75, 3.05) is 13.1 Å². The number of nitrogens with zero attached hydrogens (tertiary/aromatic N) is 1. The minimum Gasteiger partial charge on any atom is -0.478 e. The summed E-state index contributed by atoms with van der Waals surface area (Å²) in [5.74, 6) is -0.314. The minimum atomic E-state index is -0.901. The fourth-order valence-corrected chi connectivity index (χ4v) is 3.12. The Morgan fingerprint density at radius 1 is 1.10 bits per heavy atom. The van der Waals surface area contributed by atoms with Crippen LogP contribution in [0.4, 0.5) is 0 Å². The lowest BCUT2D eigenvalue weighted by molar-refractivity contribution is 0.0694. The first-order valence-corrected chi connectivity index (χ1v) is 7.72. The van der Waals surface area contributed by atoms with Crippen LogP contribution in [0.2, 0.25) is 0 Å². The van der Waals surface area contributed by atoms with Gasteiger partial charge in [-0.2, -0.15) is 0 Å². The van der Waals surface area contributed by atoms with E-state index in [0.717, 1.165) is 13.1 Å². The normalized spacial score (nSPS) is 17.5. The van der Waals surface area contributed by atoms with Gasteiger partial charge in [0.05, 0.1) is 6.54 Å². The third-order valence-electron chi connectivity index (χ3n) is 4.20. The fourth-order valence-electron chi connectivity index (χ4n) is 3.12. The maximum atomic E-state index is 11.6. The Kier molecular flexibility index (Phi) is 4.25. The van der Waals surface area contributed by atoms with E-state index in [4.69, 9.17) is 4.42 Å². The van der Waals surface area contributed by atoms with Crippen molar-refractivity contribution in [3.05, 3.63) is 35.6 Å². The van der Waals surface area contributed by atoms with Crippen LogP contribution in [0.25, 0.3) is 11.0 Å². The molecule has 0 spiro atoms. The van der Waals surface area contributed by atoms with Gasteiger partial charge in [-0.3, -0.25) is 4.90 Å². The summed E-state index contributed by atoms with van der Waals surface area (Å²) in [7, 11) is 0. The summed E-state index contributed by atoms with van der Waals surface area (Å²) >= 11 is 0. The number of carboxylic acids is 1. The zero-order chi connectivity index (χ0) is 14.7. The summed E-state index contributed by atoms with van der Waals surface area (Å²) in [4.78, 5) is 13.9. The Labute approximate surface area is 124 Å². The van der Waals surface area contributed by atoms with Crippen LogP contribution in [-0.2, 0) is 6.54 Å². The van der Waals surface area contributed by atoms with Gasteiger partial charge in [0.15, 0.2) is 0 Å². The van der Waals surface area contributed by atoms with Crippen LogP contribution in [0.15, 0.2) is 28.7 Å². The zero-order valence-corrected chi connectivity index (χ0v) is 12.2. The Morgan fingerprint density at radius 2 is 1.76 bits per heavy atom. The van der Waals surface area contributed by atoms with E-state index in [1.54, 1.807) is 0 Å². The lowest BCUT2D eigenvalue weighted by atomic mass is 10.1. The van der Waals surface area contributed by atoms with Crippen molar-refractivity contribution in [1.29, 1.82) is 0 Å². The van der Waals surface area contributed by atoms with Gasteiger partial charge in [-0.05, 0) is 32.0 Å². The predicted octanol–water partition coefficient (Wildman–Crippen LogP) is 3.90. The first-order chi connectivity index (χ1) is 10.3. The standard InChI is InChI=1S/C17H21NO3/c19-17(20)16-13-8-4-5-9-14(13)21-15(16)12-18-10-6-2-1-3-7-11-18/h4-5,8-9H,1-3,6-7,10-12H2,(H,19,20). The van der Waals surface area contributed by atoms with Gasteiger partial charge in [-0.25, -0.2) is 4.79 Å². The Hall–Kier alpha value is -1.81. The molecule has 1 aromatic heterocycles. The molecule has 0 amide bonds. The maximum absolute atomic E-state index is 11.6. The van der Waals surface area contributed by atoms with Crippen molar-refractivity contribution in [3.63, 3.8) is 0 Å². The Morgan fingerprint density at radius 3 is 2.48 bits per heavy atom. The summed E-state index contributed by atoms with van der Waals surface area (Å²) in [6, 6.07) is 7.37. The molecule has 0 unspecified atom stereocenters. The van der Waals surface area contributed by atoms with E-state index >= 15 is 0 Å². The second-order valence-corrected chi connectivity index (χ2v) is 5.75. The number of furan rings is 1. The molecule has 4 heteroatoms. The number of carboxylic acid groups (broad SMARTS) is 1. The lowest BCUT2D eigenvalue weighted by Gasteiger charge is -2.23. The summed E-state index contributed by atoms with van der Waals surface area (Å²) < 4.78 is 5.81. The topological polar surface area (TPSA) is 53.7 Å². The average Bonchev–Trinajstić information content (AvgIpc) is 2.79. The highest BCUT2D eigenvalue weighted by atomic mass is 16.4. The van der Waals surface area contributed by atoms with Gasteiger partial charge in [-0.1, -0.05) is 37.5 Å². The minimum absolute atomic E-state index is 0.327. The molecule has 2 heterocycles. The van der Waals surface area contributed by atoms with Crippen LogP contribution in [-0.4, -0.2) is 29.1 Å². The van der Waals surface area contributed by atoms with E-state index in [2.05, 4.69) is 4.90 Å². The van der Waals surface area contributed by atoms with Crippen molar-refractivity contribution in [3.8, 4) is 0 Å². The summed E-state index contributed by atoms with van der Waals surface area (Å²) in [5, 5.41) is 10.2. The molecule has 1 fully saturated rings. The summed E-state index contributed by atoms with van der Waals surface area (Å²) in [6.45, 7) is 2.64. The summed E-state index contributed by atoms with van der Waals surface area (Å²) in [5.41, 5.74) is 0.990. The molecule has 112 valence electrons. The van der Waals surface area contributed by atoms with Gasteiger partial charge in [0.1, 0.15) is 16.9 Å². The Bertz CT molecular complexity index is 624. The number of rotatable bonds is 3.